The first-order valence-electron chi connectivity index (χ1n) is 7.85. The molecule has 2 N–H and O–H groups in total. The van der Waals surface area contributed by atoms with E-state index in [0.29, 0.717) is 0 Å². The number of hydrogen-bond donors (Lipinski definition) is 2. The molecule has 0 heterocycles. The Morgan fingerprint density at radius 3 is 2.22 bits per heavy atom. The highest BCUT2D eigenvalue weighted by Gasteiger charge is 2.06. The van der Waals surface area contributed by atoms with Crippen LogP contribution in [0.2, 0.25) is 0 Å². The molecule has 0 aliphatic rings. The summed E-state index contributed by atoms with van der Waals surface area (Å²) < 4.78 is 0. The van der Waals surface area contributed by atoms with Gasteiger partial charge >= 0.3 is 0 Å². The van der Waals surface area contributed by atoms with E-state index in [1.165, 1.54) is 11.1 Å². The highest BCUT2D eigenvalue weighted by atomic mass is 127. The average Bonchev–Trinajstić information content (AvgIpc) is 2.59. The highest BCUT2D eigenvalue weighted by molar-refractivity contribution is 14.0. The summed E-state index contributed by atoms with van der Waals surface area (Å²) in [7, 11) is 1.81. The predicted molar refractivity (Wildman–Crippen MR) is 110 cm³/mol. The van der Waals surface area contributed by atoms with Crippen molar-refractivity contribution in [2.45, 2.75) is 25.8 Å². The zero-order valence-electron chi connectivity index (χ0n) is 13.8. The van der Waals surface area contributed by atoms with Crippen molar-refractivity contribution in [2.75, 3.05) is 13.6 Å². The summed E-state index contributed by atoms with van der Waals surface area (Å²) in [5.74, 6) is 0.851. The second kappa shape index (κ2) is 11.0. The molecule has 0 aliphatic heterocycles. The molecule has 2 aromatic carbocycles. The molecule has 0 saturated heterocycles. The molecule has 0 spiro atoms. The Labute approximate surface area is 156 Å². The molecule has 1 unspecified atom stereocenters. The van der Waals surface area contributed by atoms with E-state index in [1.807, 2.05) is 13.1 Å². The first kappa shape index (κ1) is 19.5. The third kappa shape index (κ3) is 7.03. The molecular weight excluding hydrogens is 397 g/mol. The topological polar surface area (TPSA) is 36.4 Å². The molecule has 124 valence electrons. The van der Waals surface area contributed by atoms with Gasteiger partial charge < -0.3 is 10.6 Å². The lowest BCUT2D eigenvalue weighted by molar-refractivity contribution is 0.674. The number of nitrogens with zero attached hydrogens (tertiary/aromatic N) is 1. The van der Waals surface area contributed by atoms with Crippen molar-refractivity contribution in [3.05, 3.63) is 71.8 Å². The van der Waals surface area contributed by atoms with Gasteiger partial charge in [0.15, 0.2) is 5.96 Å². The normalized spacial score (nSPS) is 12.2. The summed E-state index contributed by atoms with van der Waals surface area (Å²) in [4.78, 5) is 4.29. The summed E-state index contributed by atoms with van der Waals surface area (Å²) in [6, 6.07) is 21.2. The number of halogens is 1. The SMILES string of the molecule is CN=C(NCCCc1ccccc1)NC(C)c1ccccc1.I. The molecule has 0 radical (unpaired) electrons. The number of hydrogen-bond acceptors (Lipinski definition) is 1. The monoisotopic (exact) mass is 423 g/mol. The Morgan fingerprint density at radius 1 is 1.00 bits per heavy atom. The molecule has 2 rings (SSSR count). The lowest BCUT2D eigenvalue weighted by Gasteiger charge is -2.18. The van der Waals surface area contributed by atoms with Gasteiger partial charge in [-0.05, 0) is 30.9 Å². The van der Waals surface area contributed by atoms with Gasteiger partial charge in [-0.3, -0.25) is 4.99 Å². The van der Waals surface area contributed by atoms with Crippen molar-refractivity contribution < 1.29 is 0 Å². The Morgan fingerprint density at radius 2 is 1.61 bits per heavy atom. The molecule has 2 aromatic rings. The standard InChI is InChI=1S/C19H25N3.HI/c1-16(18-13-7-4-8-14-18)22-19(20-2)21-15-9-12-17-10-5-3-6-11-17;/h3-8,10-11,13-14,16H,9,12,15H2,1-2H3,(H2,20,21,22);1H. The van der Waals surface area contributed by atoms with Gasteiger partial charge in [-0.1, -0.05) is 60.7 Å². The van der Waals surface area contributed by atoms with Gasteiger partial charge in [-0.15, -0.1) is 24.0 Å². The molecule has 1 atom stereocenters. The van der Waals surface area contributed by atoms with Crippen molar-refractivity contribution >= 4 is 29.9 Å². The molecule has 0 amide bonds. The van der Waals surface area contributed by atoms with Crippen LogP contribution in [0.1, 0.15) is 30.5 Å². The predicted octanol–water partition coefficient (Wildman–Crippen LogP) is 4.16. The van der Waals surface area contributed by atoms with Crippen LogP contribution >= 0.6 is 24.0 Å². The Hall–Kier alpha value is -1.56. The van der Waals surface area contributed by atoms with Crippen LogP contribution < -0.4 is 10.6 Å². The molecule has 0 aliphatic carbocycles. The Balaban J connectivity index is 0.00000264. The first-order chi connectivity index (χ1) is 10.8. The van der Waals surface area contributed by atoms with Crippen LogP contribution in [0.15, 0.2) is 65.7 Å². The van der Waals surface area contributed by atoms with E-state index >= 15 is 0 Å². The fourth-order valence-electron chi connectivity index (χ4n) is 2.37. The molecular formula is C19H26IN3. The second-order valence-electron chi connectivity index (χ2n) is 5.36. The van der Waals surface area contributed by atoms with Crippen LogP contribution in [0.3, 0.4) is 0 Å². The number of benzene rings is 2. The minimum Gasteiger partial charge on any atom is -0.356 e. The third-order valence-electron chi connectivity index (χ3n) is 3.65. The molecule has 0 bridgehead atoms. The lowest BCUT2D eigenvalue weighted by atomic mass is 10.1. The van der Waals surface area contributed by atoms with Crippen molar-refractivity contribution in [1.82, 2.24) is 10.6 Å². The van der Waals surface area contributed by atoms with E-state index < -0.39 is 0 Å². The summed E-state index contributed by atoms with van der Waals surface area (Å²) in [6.45, 7) is 3.06. The zero-order valence-corrected chi connectivity index (χ0v) is 16.2. The number of guanidine groups is 1. The number of nitrogens with one attached hydrogen (secondary N) is 2. The van der Waals surface area contributed by atoms with E-state index in [0.717, 1.165) is 25.3 Å². The maximum absolute atomic E-state index is 4.29. The smallest absolute Gasteiger partial charge is 0.191 e. The molecule has 0 aromatic heterocycles. The molecule has 23 heavy (non-hydrogen) atoms. The van der Waals surface area contributed by atoms with Crippen molar-refractivity contribution in [3.8, 4) is 0 Å². The largest absolute Gasteiger partial charge is 0.356 e. The van der Waals surface area contributed by atoms with Crippen molar-refractivity contribution in [2.24, 2.45) is 4.99 Å². The van der Waals surface area contributed by atoms with Crippen LogP contribution in [0.5, 0.6) is 0 Å². The van der Waals surface area contributed by atoms with E-state index in [-0.39, 0.29) is 30.0 Å². The minimum atomic E-state index is 0. The van der Waals surface area contributed by atoms with E-state index in [9.17, 15) is 0 Å². The minimum absolute atomic E-state index is 0. The number of aliphatic imine (C=N–C) groups is 1. The van der Waals surface area contributed by atoms with Crippen LogP contribution in [0.25, 0.3) is 0 Å². The van der Waals surface area contributed by atoms with Crippen molar-refractivity contribution in [1.29, 1.82) is 0 Å². The lowest BCUT2D eigenvalue weighted by Crippen LogP contribution is -2.39. The molecule has 0 saturated carbocycles. The van der Waals surface area contributed by atoms with Crippen LogP contribution in [0.4, 0.5) is 0 Å². The van der Waals surface area contributed by atoms with Gasteiger partial charge in [-0.2, -0.15) is 0 Å². The summed E-state index contributed by atoms with van der Waals surface area (Å²) in [5.41, 5.74) is 2.64. The summed E-state index contributed by atoms with van der Waals surface area (Å²) >= 11 is 0. The van der Waals surface area contributed by atoms with Crippen LogP contribution in [-0.2, 0) is 6.42 Å². The maximum Gasteiger partial charge on any atom is 0.191 e. The average molecular weight is 423 g/mol. The fourth-order valence-corrected chi connectivity index (χ4v) is 2.37. The second-order valence-corrected chi connectivity index (χ2v) is 5.36. The Bertz CT molecular complexity index is 570. The highest BCUT2D eigenvalue weighted by Crippen LogP contribution is 2.10. The Kier molecular flexibility index (Phi) is 9.36. The number of rotatable bonds is 6. The summed E-state index contributed by atoms with van der Waals surface area (Å²) in [6.07, 6.45) is 2.17. The van der Waals surface area contributed by atoms with E-state index in [1.54, 1.807) is 0 Å². The van der Waals surface area contributed by atoms with Gasteiger partial charge in [-0.25, -0.2) is 0 Å². The molecule has 3 nitrogen and oxygen atoms in total. The van der Waals surface area contributed by atoms with Gasteiger partial charge in [0.1, 0.15) is 0 Å². The van der Waals surface area contributed by atoms with Gasteiger partial charge in [0.05, 0.1) is 6.04 Å². The first-order valence-corrected chi connectivity index (χ1v) is 7.85. The maximum atomic E-state index is 4.29. The zero-order chi connectivity index (χ0) is 15.6. The van der Waals surface area contributed by atoms with E-state index in [4.69, 9.17) is 0 Å². The van der Waals surface area contributed by atoms with Crippen LogP contribution in [-0.4, -0.2) is 19.6 Å². The summed E-state index contributed by atoms with van der Waals surface area (Å²) in [5, 5.41) is 6.80. The quantitative estimate of drug-likeness (QED) is 0.317. The van der Waals surface area contributed by atoms with Gasteiger partial charge in [0.25, 0.3) is 0 Å². The fraction of sp³-hybridized carbons (Fsp3) is 0.316. The van der Waals surface area contributed by atoms with E-state index in [2.05, 4.69) is 77.1 Å². The van der Waals surface area contributed by atoms with Crippen molar-refractivity contribution in [3.63, 3.8) is 0 Å². The van der Waals surface area contributed by atoms with Gasteiger partial charge in [0, 0.05) is 13.6 Å². The third-order valence-corrected chi connectivity index (χ3v) is 3.65. The number of aryl methyl sites for hydroxylation is 1. The molecule has 4 heteroatoms. The molecule has 0 fully saturated rings. The van der Waals surface area contributed by atoms with Gasteiger partial charge in [0.2, 0.25) is 0 Å². The van der Waals surface area contributed by atoms with Crippen LogP contribution in [0, 0.1) is 0 Å².